The molecule has 0 spiro atoms. The van der Waals surface area contributed by atoms with E-state index in [9.17, 15) is 14.4 Å². The second-order valence-corrected chi connectivity index (χ2v) is 10.9. The van der Waals surface area contributed by atoms with Crippen molar-refractivity contribution in [3.05, 3.63) is 93.0 Å². The van der Waals surface area contributed by atoms with E-state index in [0.29, 0.717) is 46.4 Å². The fraction of sp³-hybridized carbons (Fsp3) is 0.259. The predicted molar refractivity (Wildman–Crippen MR) is 153 cm³/mol. The molecule has 0 bridgehead atoms. The third-order valence-corrected chi connectivity index (χ3v) is 7.81. The molecule has 2 heterocycles. The zero-order valence-electron chi connectivity index (χ0n) is 21.1. The third kappa shape index (κ3) is 6.14. The zero-order valence-corrected chi connectivity index (χ0v) is 25.0. The summed E-state index contributed by atoms with van der Waals surface area (Å²) in [5, 5.41) is 0.778. The Balaban J connectivity index is 1.91. The van der Waals surface area contributed by atoms with Crippen molar-refractivity contribution in [3.63, 3.8) is 0 Å². The van der Waals surface area contributed by atoms with Gasteiger partial charge in [-0.25, -0.2) is 14.6 Å². The van der Waals surface area contributed by atoms with Gasteiger partial charge < -0.3 is 14.2 Å². The van der Waals surface area contributed by atoms with Gasteiger partial charge in [0.1, 0.15) is 11.8 Å². The lowest BCUT2D eigenvalue weighted by atomic mass is 9.96. The molecule has 0 fully saturated rings. The summed E-state index contributed by atoms with van der Waals surface area (Å²) in [6.45, 7) is 5.16. The maximum absolute atomic E-state index is 13.9. The van der Waals surface area contributed by atoms with Crippen LogP contribution < -0.4 is 19.6 Å². The van der Waals surface area contributed by atoms with Crippen LogP contribution in [0.25, 0.3) is 6.08 Å². The van der Waals surface area contributed by atoms with Crippen LogP contribution in [-0.2, 0) is 19.1 Å². The van der Waals surface area contributed by atoms with Crippen molar-refractivity contribution in [2.75, 3.05) is 19.8 Å². The van der Waals surface area contributed by atoms with E-state index in [2.05, 4.69) is 20.9 Å². The van der Waals surface area contributed by atoms with E-state index in [1.807, 2.05) is 0 Å². The minimum absolute atomic E-state index is 0.160. The highest BCUT2D eigenvalue weighted by Gasteiger charge is 2.34. The number of carbonyl (C=O) groups is 2. The van der Waals surface area contributed by atoms with Crippen LogP contribution in [-0.4, -0.2) is 36.3 Å². The van der Waals surface area contributed by atoms with Crippen molar-refractivity contribution in [3.8, 4) is 5.75 Å². The number of benzene rings is 2. The molecule has 0 saturated heterocycles. The van der Waals surface area contributed by atoms with Crippen LogP contribution in [0.5, 0.6) is 5.75 Å². The van der Waals surface area contributed by atoms with Crippen LogP contribution in [0.4, 0.5) is 0 Å². The van der Waals surface area contributed by atoms with Crippen molar-refractivity contribution < 1.29 is 23.8 Å². The quantitative estimate of drug-likeness (QED) is 0.324. The van der Waals surface area contributed by atoms with Crippen molar-refractivity contribution in [2.24, 2.45) is 4.99 Å². The van der Waals surface area contributed by atoms with E-state index in [1.54, 1.807) is 63.2 Å². The molecule has 39 heavy (non-hydrogen) atoms. The first-order valence-electron chi connectivity index (χ1n) is 11.9. The number of aromatic nitrogens is 1. The molecule has 1 atom stereocenters. The van der Waals surface area contributed by atoms with Gasteiger partial charge in [0.2, 0.25) is 0 Å². The number of fused-ring (bicyclic) bond motifs is 1. The number of nitrogens with zero attached hydrogens (tertiary/aromatic N) is 2. The molecule has 4 rings (SSSR count). The van der Waals surface area contributed by atoms with Crippen LogP contribution in [0.3, 0.4) is 0 Å². The zero-order chi connectivity index (χ0) is 28.3. The van der Waals surface area contributed by atoms with Crippen LogP contribution in [0.1, 0.15) is 37.9 Å². The van der Waals surface area contributed by atoms with Crippen LogP contribution in [0.2, 0.25) is 10.0 Å². The van der Waals surface area contributed by atoms with E-state index in [4.69, 9.17) is 37.4 Å². The van der Waals surface area contributed by atoms with Crippen LogP contribution in [0.15, 0.2) is 61.9 Å². The molecule has 1 aromatic heterocycles. The minimum atomic E-state index is -0.846. The average Bonchev–Trinajstić information content (AvgIpc) is 3.17. The molecule has 12 heteroatoms. The summed E-state index contributed by atoms with van der Waals surface area (Å²) in [6, 6.07) is 9.40. The summed E-state index contributed by atoms with van der Waals surface area (Å²) >= 11 is 17.4. The van der Waals surface area contributed by atoms with E-state index in [0.717, 1.165) is 11.3 Å². The maximum atomic E-state index is 13.9. The van der Waals surface area contributed by atoms with Gasteiger partial charge in [-0.2, -0.15) is 0 Å². The summed E-state index contributed by atoms with van der Waals surface area (Å²) in [7, 11) is 0. The molecule has 0 radical (unpaired) electrons. The highest BCUT2D eigenvalue weighted by molar-refractivity contribution is 9.10. The number of rotatable bonds is 8. The van der Waals surface area contributed by atoms with Crippen LogP contribution in [0, 0.1) is 0 Å². The monoisotopic (exact) mass is 652 g/mol. The number of carbonyl (C=O) groups excluding carboxylic acids is 2. The molecule has 1 aliphatic heterocycles. The van der Waals surface area contributed by atoms with Gasteiger partial charge in [-0.1, -0.05) is 52.7 Å². The number of hydrogen-bond acceptors (Lipinski definition) is 8. The largest absolute Gasteiger partial charge is 0.480 e. The minimum Gasteiger partial charge on any atom is -0.480 e. The summed E-state index contributed by atoms with van der Waals surface area (Å²) in [5.74, 6) is -0.804. The lowest BCUT2D eigenvalue weighted by Gasteiger charge is -2.25. The molecule has 0 saturated carbocycles. The molecule has 2 aromatic carbocycles. The van der Waals surface area contributed by atoms with Gasteiger partial charge in [0.15, 0.2) is 11.4 Å². The van der Waals surface area contributed by atoms with Crippen molar-refractivity contribution in [1.82, 2.24) is 4.57 Å². The Hall–Kier alpha value is -2.92. The highest BCUT2D eigenvalue weighted by atomic mass is 79.9. The second-order valence-electron chi connectivity index (χ2n) is 8.22. The topological polar surface area (TPSA) is 96.2 Å². The number of esters is 2. The first kappa shape index (κ1) is 29.1. The molecule has 204 valence electrons. The van der Waals surface area contributed by atoms with Crippen molar-refractivity contribution in [1.29, 1.82) is 0 Å². The van der Waals surface area contributed by atoms with Gasteiger partial charge in [-0.05, 0) is 66.5 Å². The van der Waals surface area contributed by atoms with Gasteiger partial charge in [0.05, 0.1) is 33.5 Å². The first-order chi connectivity index (χ1) is 18.7. The Bertz CT molecular complexity index is 1660. The Kier molecular flexibility index (Phi) is 9.32. The standard InChI is InChI=1S/C27H23BrCl2N2O6S/c1-4-36-21(33)13-38-24-15(10-16(29)12-18(24)28)11-20-25(34)32-23(17-8-6-7-9-19(17)30)22(26(35)37-5-2)14(3)31-27(32)39-20/h6-12,23H,4-5,13H2,1-3H3/b20-11-/t23-/m1/s1. The molecule has 0 amide bonds. The Morgan fingerprint density at radius 3 is 2.56 bits per heavy atom. The van der Waals surface area contributed by atoms with E-state index in [-0.39, 0.29) is 25.4 Å². The molecule has 0 aliphatic carbocycles. The normalized spacial score (nSPS) is 15.0. The fourth-order valence-electron chi connectivity index (χ4n) is 4.10. The SMILES string of the molecule is CCOC(=O)COc1c(Br)cc(Cl)cc1/C=c1\sc2n(c1=O)[C@H](c1ccccc1Cl)C(C(=O)OCC)=C(C)N=2. The summed E-state index contributed by atoms with van der Waals surface area (Å²) in [6.07, 6.45) is 1.61. The molecular weight excluding hydrogens is 631 g/mol. The number of hydrogen-bond donors (Lipinski definition) is 0. The summed E-state index contributed by atoms with van der Waals surface area (Å²) in [4.78, 5) is 43.8. The molecule has 3 aromatic rings. The third-order valence-electron chi connectivity index (χ3n) is 5.68. The van der Waals surface area contributed by atoms with Gasteiger partial charge in [-0.15, -0.1) is 0 Å². The van der Waals surface area contributed by atoms with Gasteiger partial charge in [0.25, 0.3) is 5.56 Å². The molecular formula is C27H23BrCl2N2O6S. The lowest BCUT2D eigenvalue weighted by molar-refractivity contribution is -0.145. The van der Waals surface area contributed by atoms with E-state index < -0.39 is 23.5 Å². The summed E-state index contributed by atoms with van der Waals surface area (Å²) in [5.41, 5.74) is 1.28. The van der Waals surface area contributed by atoms with Crippen molar-refractivity contribution >= 4 is 68.5 Å². The number of ether oxygens (including phenoxy) is 3. The number of thiazole rings is 1. The molecule has 0 unspecified atom stereocenters. The number of allylic oxidation sites excluding steroid dienone is 1. The first-order valence-corrected chi connectivity index (χ1v) is 14.2. The van der Waals surface area contributed by atoms with Gasteiger partial charge in [0, 0.05) is 15.6 Å². The van der Waals surface area contributed by atoms with Crippen LogP contribution >= 0.6 is 50.5 Å². The Labute approximate surface area is 246 Å². The Morgan fingerprint density at radius 1 is 1.15 bits per heavy atom. The van der Waals surface area contributed by atoms with E-state index >= 15 is 0 Å². The predicted octanol–water partition coefficient (Wildman–Crippen LogP) is 4.81. The lowest BCUT2D eigenvalue weighted by Crippen LogP contribution is -2.40. The molecule has 8 nitrogen and oxygen atoms in total. The van der Waals surface area contributed by atoms with Gasteiger partial charge in [-0.3, -0.25) is 9.36 Å². The average molecular weight is 654 g/mol. The molecule has 0 N–H and O–H groups in total. The van der Waals surface area contributed by atoms with Crippen molar-refractivity contribution in [2.45, 2.75) is 26.8 Å². The molecule has 1 aliphatic rings. The fourth-order valence-corrected chi connectivity index (χ4v) is 6.32. The smallest absolute Gasteiger partial charge is 0.344 e. The Morgan fingerprint density at radius 2 is 1.87 bits per heavy atom. The second kappa shape index (κ2) is 12.5. The van der Waals surface area contributed by atoms with E-state index in [1.165, 1.54) is 4.57 Å². The number of halogens is 3. The maximum Gasteiger partial charge on any atom is 0.344 e. The summed E-state index contributed by atoms with van der Waals surface area (Å²) < 4.78 is 18.2. The highest BCUT2D eigenvalue weighted by Crippen LogP contribution is 2.35. The van der Waals surface area contributed by atoms with Gasteiger partial charge >= 0.3 is 11.9 Å².